The molecule has 1 aromatic rings. The molecule has 0 bridgehead atoms. The summed E-state index contributed by atoms with van der Waals surface area (Å²) >= 11 is 4.12. The highest BCUT2D eigenvalue weighted by Crippen LogP contribution is 2.05. The molecule has 1 aromatic carbocycles. The average molecular weight is 238 g/mol. The van der Waals surface area contributed by atoms with Gasteiger partial charge >= 0.3 is 5.97 Å². The van der Waals surface area contributed by atoms with Gasteiger partial charge in [0.1, 0.15) is 0 Å². The van der Waals surface area contributed by atoms with E-state index in [1.807, 2.05) is 25.1 Å². The summed E-state index contributed by atoms with van der Waals surface area (Å²) in [6.07, 6.45) is 2.51. The van der Waals surface area contributed by atoms with Gasteiger partial charge in [0.25, 0.3) is 0 Å². The maximum Gasteiger partial charge on any atom is 0.318 e. The lowest BCUT2D eigenvalue weighted by Crippen LogP contribution is -2.17. The first-order valence-corrected chi connectivity index (χ1v) is 6.14. The number of hydrogen-bond acceptors (Lipinski definition) is 3. The van der Waals surface area contributed by atoms with Crippen LogP contribution in [0.5, 0.6) is 0 Å². The van der Waals surface area contributed by atoms with Crippen LogP contribution in [0.3, 0.4) is 0 Å². The van der Waals surface area contributed by atoms with Crippen molar-refractivity contribution in [3.8, 4) is 0 Å². The van der Waals surface area contributed by atoms with E-state index in [1.54, 1.807) is 0 Å². The van der Waals surface area contributed by atoms with Gasteiger partial charge < -0.3 is 4.74 Å². The fraction of sp³-hybridized carbons (Fsp3) is 0.462. The Morgan fingerprint density at radius 2 is 2.06 bits per heavy atom. The van der Waals surface area contributed by atoms with Crippen molar-refractivity contribution >= 4 is 18.6 Å². The van der Waals surface area contributed by atoms with Crippen molar-refractivity contribution in [2.24, 2.45) is 0 Å². The largest absolute Gasteiger partial charge is 0.465 e. The van der Waals surface area contributed by atoms with Crippen LogP contribution < -0.4 is 0 Å². The third-order valence-corrected chi connectivity index (χ3v) is 2.93. The first-order valence-electron chi connectivity index (χ1n) is 5.62. The molecule has 0 radical (unpaired) electrons. The van der Waals surface area contributed by atoms with E-state index in [9.17, 15) is 4.79 Å². The summed E-state index contributed by atoms with van der Waals surface area (Å²) in [7, 11) is 0. The third kappa shape index (κ3) is 4.71. The average Bonchev–Trinajstić information content (AvgIpc) is 2.34. The van der Waals surface area contributed by atoms with Gasteiger partial charge in [-0.05, 0) is 24.8 Å². The zero-order valence-electron chi connectivity index (χ0n) is 9.56. The lowest BCUT2D eigenvalue weighted by molar-refractivity contribution is -0.143. The normalized spacial score (nSPS) is 12.1. The molecule has 0 heterocycles. The molecule has 1 rings (SSSR count). The van der Waals surface area contributed by atoms with Crippen molar-refractivity contribution in [1.29, 1.82) is 0 Å². The van der Waals surface area contributed by atoms with Crippen molar-refractivity contribution in [3.05, 3.63) is 35.9 Å². The number of carbonyl (C=O) groups is 1. The van der Waals surface area contributed by atoms with Gasteiger partial charge in [0.15, 0.2) is 0 Å². The van der Waals surface area contributed by atoms with Crippen LogP contribution in [0.25, 0.3) is 0 Å². The molecule has 16 heavy (non-hydrogen) atoms. The molecule has 0 aromatic heterocycles. The van der Waals surface area contributed by atoms with Crippen LogP contribution in [0.15, 0.2) is 30.3 Å². The highest BCUT2D eigenvalue weighted by atomic mass is 32.1. The molecule has 0 aliphatic rings. The molecule has 0 aliphatic carbocycles. The lowest BCUT2D eigenvalue weighted by atomic mass is 10.1. The van der Waals surface area contributed by atoms with Gasteiger partial charge in [-0.25, -0.2) is 0 Å². The van der Waals surface area contributed by atoms with Gasteiger partial charge in [0.2, 0.25) is 0 Å². The number of ether oxygens (including phenoxy) is 1. The smallest absolute Gasteiger partial charge is 0.318 e. The van der Waals surface area contributed by atoms with Gasteiger partial charge in [-0.2, -0.15) is 12.6 Å². The predicted octanol–water partition coefficient (Wildman–Crippen LogP) is 2.87. The Kier molecular flexibility index (Phi) is 6.01. The summed E-state index contributed by atoms with van der Waals surface area (Å²) in [5.41, 5.74) is 1.27. The van der Waals surface area contributed by atoms with Crippen LogP contribution in [-0.2, 0) is 16.0 Å². The Balaban J connectivity index is 2.15. The van der Waals surface area contributed by atoms with E-state index in [0.29, 0.717) is 13.0 Å². The summed E-state index contributed by atoms with van der Waals surface area (Å²) in [6, 6.07) is 10.2. The molecule has 0 aliphatic heterocycles. The standard InChI is InChI=1S/C13H18O2S/c1-2-12(16)13(14)15-10-6-9-11-7-4-3-5-8-11/h3-5,7-8,12,16H,2,6,9-10H2,1H3. The van der Waals surface area contributed by atoms with Crippen LogP contribution in [-0.4, -0.2) is 17.8 Å². The highest BCUT2D eigenvalue weighted by molar-refractivity contribution is 7.81. The first kappa shape index (κ1) is 13.1. The first-order chi connectivity index (χ1) is 7.74. The molecule has 0 saturated heterocycles. The number of esters is 1. The third-order valence-electron chi connectivity index (χ3n) is 2.36. The predicted molar refractivity (Wildman–Crippen MR) is 68.8 cm³/mol. The second-order valence-electron chi connectivity index (χ2n) is 3.68. The summed E-state index contributed by atoms with van der Waals surface area (Å²) in [5.74, 6) is -0.209. The molecule has 0 N–H and O–H groups in total. The van der Waals surface area contributed by atoms with E-state index < -0.39 is 0 Å². The molecule has 0 amide bonds. The topological polar surface area (TPSA) is 26.3 Å². The minimum Gasteiger partial charge on any atom is -0.465 e. The summed E-state index contributed by atoms with van der Waals surface area (Å²) < 4.78 is 5.10. The quantitative estimate of drug-likeness (QED) is 0.468. The zero-order chi connectivity index (χ0) is 11.8. The number of hydrogen-bond donors (Lipinski definition) is 1. The second-order valence-corrected chi connectivity index (χ2v) is 4.30. The monoisotopic (exact) mass is 238 g/mol. The van der Waals surface area contributed by atoms with Crippen molar-refractivity contribution in [3.63, 3.8) is 0 Å². The molecule has 0 fully saturated rings. The summed E-state index contributed by atoms with van der Waals surface area (Å²) in [5, 5.41) is -0.281. The number of benzene rings is 1. The van der Waals surface area contributed by atoms with E-state index in [0.717, 1.165) is 12.8 Å². The van der Waals surface area contributed by atoms with Gasteiger partial charge in [0.05, 0.1) is 11.9 Å². The molecule has 2 nitrogen and oxygen atoms in total. The molecular weight excluding hydrogens is 220 g/mol. The van der Waals surface area contributed by atoms with E-state index in [2.05, 4.69) is 24.8 Å². The number of thiol groups is 1. The van der Waals surface area contributed by atoms with Crippen LogP contribution in [0, 0.1) is 0 Å². The van der Waals surface area contributed by atoms with E-state index in [1.165, 1.54) is 5.56 Å². The Morgan fingerprint density at radius 1 is 1.38 bits per heavy atom. The van der Waals surface area contributed by atoms with Crippen LogP contribution in [0.2, 0.25) is 0 Å². The maximum atomic E-state index is 11.3. The Morgan fingerprint density at radius 3 is 2.69 bits per heavy atom. The Labute approximate surface area is 102 Å². The molecule has 0 saturated carbocycles. The maximum absolute atomic E-state index is 11.3. The number of carbonyl (C=O) groups excluding carboxylic acids is 1. The van der Waals surface area contributed by atoms with E-state index >= 15 is 0 Å². The minimum atomic E-state index is -0.281. The van der Waals surface area contributed by atoms with Gasteiger partial charge in [-0.3, -0.25) is 4.79 Å². The zero-order valence-corrected chi connectivity index (χ0v) is 10.5. The highest BCUT2D eigenvalue weighted by Gasteiger charge is 2.11. The molecule has 3 heteroatoms. The van der Waals surface area contributed by atoms with Crippen molar-refractivity contribution in [2.45, 2.75) is 31.4 Å². The van der Waals surface area contributed by atoms with Crippen LogP contribution >= 0.6 is 12.6 Å². The van der Waals surface area contributed by atoms with Crippen LogP contribution in [0.4, 0.5) is 0 Å². The van der Waals surface area contributed by atoms with E-state index in [-0.39, 0.29) is 11.2 Å². The second kappa shape index (κ2) is 7.34. The Hall–Kier alpha value is -0.960. The van der Waals surface area contributed by atoms with E-state index in [4.69, 9.17) is 4.74 Å². The van der Waals surface area contributed by atoms with Gasteiger partial charge in [0, 0.05) is 0 Å². The summed E-state index contributed by atoms with van der Waals surface area (Å²) in [6.45, 7) is 2.40. The SMILES string of the molecule is CCC(S)C(=O)OCCCc1ccccc1. The molecule has 0 spiro atoms. The van der Waals surface area contributed by atoms with Crippen molar-refractivity contribution in [1.82, 2.24) is 0 Å². The van der Waals surface area contributed by atoms with Gasteiger partial charge in [-0.15, -0.1) is 0 Å². The van der Waals surface area contributed by atoms with Crippen molar-refractivity contribution < 1.29 is 9.53 Å². The number of rotatable bonds is 6. The fourth-order valence-electron chi connectivity index (χ4n) is 1.36. The lowest BCUT2D eigenvalue weighted by Gasteiger charge is -2.08. The van der Waals surface area contributed by atoms with Crippen LogP contribution in [0.1, 0.15) is 25.3 Å². The molecule has 1 unspecified atom stereocenters. The summed E-state index contributed by atoms with van der Waals surface area (Å²) in [4.78, 5) is 11.3. The molecule has 88 valence electrons. The number of aryl methyl sites for hydroxylation is 1. The van der Waals surface area contributed by atoms with Gasteiger partial charge in [-0.1, -0.05) is 37.3 Å². The minimum absolute atomic E-state index is 0.209. The molecular formula is C13H18O2S. The molecule has 1 atom stereocenters. The van der Waals surface area contributed by atoms with Crippen molar-refractivity contribution in [2.75, 3.05) is 6.61 Å². The fourth-order valence-corrected chi connectivity index (χ4v) is 1.43. The Bertz CT molecular complexity index is 311.